The molecule has 130 valence electrons. The Labute approximate surface area is 147 Å². The van der Waals surface area contributed by atoms with Crippen molar-refractivity contribution in [3.63, 3.8) is 0 Å². The first-order chi connectivity index (χ1) is 12.1. The van der Waals surface area contributed by atoms with Crippen LogP contribution in [0.1, 0.15) is 36.8 Å². The van der Waals surface area contributed by atoms with E-state index in [0.717, 1.165) is 30.4 Å². The van der Waals surface area contributed by atoms with E-state index >= 15 is 0 Å². The largest absolute Gasteiger partial charge is 0.481 e. The van der Waals surface area contributed by atoms with E-state index in [-0.39, 0.29) is 18.4 Å². The highest BCUT2D eigenvalue weighted by Gasteiger charge is 2.51. The Morgan fingerprint density at radius 3 is 2.16 bits per heavy atom. The van der Waals surface area contributed by atoms with Crippen LogP contribution in [-0.2, 0) is 21.4 Å². The Hall–Kier alpha value is -2.62. The average molecular weight is 337 g/mol. The van der Waals surface area contributed by atoms with Crippen molar-refractivity contribution in [3.8, 4) is 0 Å². The van der Waals surface area contributed by atoms with E-state index in [9.17, 15) is 14.7 Å². The summed E-state index contributed by atoms with van der Waals surface area (Å²) in [5, 5.41) is 12.2. The molecule has 0 saturated heterocycles. The standard InChI is InChI=1S/C21H23NO3/c23-19(24)15-18(12-11-16-7-3-1-4-8-16)22-20(25)21(13-14-21)17-9-5-2-6-10-17/h1-10,18H,11-15H2,(H,22,25)(H,23,24). The molecule has 1 unspecified atom stereocenters. The average Bonchev–Trinajstić information content (AvgIpc) is 3.43. The van der Waals surface area contributed by atoms with Crippen molar-refractivity contribution in [2.24, 2.45) is 0 Å². The van der Waals surface area contributed by atoms with Crippen LogP contribution in [0.15, 0.2) is 60.7 Å². The number of hydrogen-bond donors (Lipinski definition) is 2. The van der Waals surface area contributed by atoms with Gasteiger partial charge in [0.2, 0.25) is 5.91 Å². The third-order valence-corrected chi connectivity index (χ3v) is 4.89. The SMILES string of the molecule is O=C(O)CC(CCc1ccccc1)NC(=O)C1(c2ccccc2)CC1. The Morgan fingerprint density at radius 2 is 1.60 bits per heavy atom. The Bertz CT molecular complexity index is 723. The zero-order valence-corrected chi connectivity index (χ0v) is 14.2. The number of hydrogen-bond acceptors (Lipinski definition) is 2. The topological polar surface area (TPSA) is 66.4 Å². The van der Waals surface area contributed by atoms with Gasteiger partial charge in [-0.05, 0) is 36.8 Å². The summed E-state index contributed by atoms with van der Waals surface area (Å²) in [6.07, 6.45) is 2.95. The van der Waals surface area contributed by atoms with E-state index in [4.69, 9.17) is 0 Å². The fraction of sp³-hybridized carbons (Fsp3) is 0.333. The summed E-state index contributed by atoms with van der Waals surface area (Å²) in [6, 6.07) is 19.3. The van der Waals surface area contributed by atoms with Gasteiger partial charge in [-0.15, -0.1) is 0 Å². The van der Waals surface area contributed by atoms with Gasteiger partial charge in [0.1, 0.15) is 0 Å². The molecular formula is C21H23NO3. The Morgan fingerprint density at radius 1 is 1.00 bits per heavy atom. The third kappa shape index (κ3) is 4.27. The molecule has 0 aromatic heterocycles. The molecule has 0 spiro atoms. The van der Waals surface area contributed by atoms with Crippen LogP contribution in [0, 0.1) is 0 Å². The predicted octanol–water partition coefficient (Wildman–Crippen LogP) is 3.31. The molecule has 1 atom stereocenters. The van der Waals surface area contributed by atoms with Gasteiger partial charge in [-0.1, -0.05) is 60.7 Å². The lowest BCUT2D eigenvalue weighted by atomic mass is 9.94. The molecule has 2 N–H and O–H groups in total. The predicted molar refractivity (Wildman–Crippen MR) is 96.3 cm³/mol. The van der Waals surface area contributed by atoms with Crippen LogP contribution < -0.4 is 5.32 Å². The first-order valence-corrected chi connectivity index (χ1v) is 8.72. The van der Waals surface area contributed by atoms with Gasteiger partial charge >= 0.3 is 5.97 Å². The van der Waals surface area contributed by atoms with Gasteiger partial charge in [0.05, 0.1) is 11.8 Å². The zero-order chi connectivity index (χ0) is 17.7. The molecule has 1 aliphatic carbocycles. The smallest absolute Gasteiger partial charge is 0.305 e. The fourth-order valence-corrected chi connectivity index (χ4v) is 3.27. The highest BCUT2D eigenvalue weighted by atomic mass is 16.4. The van der Waals surface area contributed by atoms with Crippen molar-refractivity contribution in [1.29, 1.82) is 0 Å². The van der Waals surface area contributed by atoms with E-state index in [0.29, 0.717) is 6.42 Å². The third-order valence-electron chi connectivity index (χ3n) is 4.89. The molecule has 1 fully saturated rings. The second-order valence-corrected chi connectivity index (χ2v) is 6.74. The number of aryl methyl sites for hydroxylation is 1. The lowest BCUT2D eigenvalue weighted by Crippen LogP contribution is -2.42. The second kappa shape index (κ2) is 7.51. The fourth-order valence-electron chi connectivity index (χ4n) is 3.27. The lowest BCUT2D eigenvalue weighted by Gasteiger charge is -2.22. The van der Waals surface area contributed by atoms with Gasteiger partial charge < -0.3 is 10.4 Å². The summed E-state index contributed by atoms with van der Waals surface area (Å²) < 4.78 is 0. The molecular weight excluding hydrogens is 314 g/mol. The number of aliphatic carboxylic acids is 1. The minimum Gasteiger partial charge on any atom is -0.481 e. The summed E-state index contributed by atoms with van der Waals surface area (Å²) in [5.41, 5.74) is 1.70. The van der Waals surface area contributed by atoms with E-state index in [1.54, 1.807) is 0 Å². The van der Waals surface area contributed by atoms with Crippen molar-refractivity contribution in [1.82, 2.24) is 5.32 Å². The number of rotatable bonds is 8. The van der Waals surface area contributed by atoms with Gasteiger partial charge in [-0.2, -0.15) is 0 Å². The van der Waals surface area contributed by atoms with E-state index < -0.39 is 11.4 Å². The van der Waals surface area contributed by atoms with Crippen LogP contribution in [0.4, 0.5) is 0 Å². The van der Waals surface area contributed by atoms with Crippen LogP contribution in [-0.4, -0.2) is 23.0 Å². The molecule has 2 aromatic carbocycles. The van der Waals surface area contributed by atoms with Crippen LogP contribution in [0.25, 0.3) is 0 Å². The maximum atomic E-state index is 12.8. The molecule has 0 bridgehead atoms. The van der Waals surface area contributed by atoms with Crippen LogP contribution in [0.3, 0.4) is 0 Å². The van der Waals surface area contributed by atoms with Gasteiger partial charge in [-0.3, -0.25) is 9.59 Å². The van der Waals surface area contributed by atoms with Crippen LogP contribution in [0.5, 0.6) is 0 Å². The molecule has 3 rings (SSSR count). The van der Waals surface area contributed by atoms with Crippen molar-refractivity contribution >= 4 is 11.9 Å². The minimum absolute atomic E-state index is 0.0435. The summed E-state index contributed by atoms with van der Waals surface area (Å²) in [4.78, 5) is 24.0. The molecule has 1 saturated carbocycles. The molecule has 4 nitrogen and oxygen atoms in total. The monoisotopic (exact) mass is 337 g/mol. The number of carboxylic acid groups (broad SMARTS) is 1. The van der Waals surface area contributed by atoms with Gasteiger partial charge in [0.25, 0.3) is 0 Å². The number of carbonyl (C=O) groups excluding carboxylic acids is 1. The number of amides is 1. The molecule has 1 amide bonds. The van der Waals surface area contributed by atoms with Crippen molar-refractivity contribution in [3.05, 3.63) is 71.8 Å². The minimum atomic E-state index is -0.886. The second-order valence-electron chi connectivity index (χ2n) is 6.74. The van der Waals surface area contributed by atoms with Gasteiger partial charge in [0, 0.05) is 6.04 Å². The zero-order valence-electron chi connectivity index (χ0n) is 14.2. The summed E-state index contributed by atoms with van der Waals surface area (Å²) in [6.45, 7) is 0. The molecule has 1 aliphatic rings. The molecule has 0 aliphatic heterocycles. The summed E-state index contributed by atoms with van der Waals surface area (Å²) in [7, 11) is 0. The summed E-state index contributed by atoms with van der Waals surface area (Å²) >= 11 is 0. The van der Waals surface area contributed by atoms with E-state index in [1.807, 2.05) is 60.7 Å². The number of benzene rings is 2. The molecule has 0 radical (unpaired) electrons. The highest BCUT2D eigenvalue weighted by Crippen LogP contribution is 2.48. The first kappa shape index (κ1) is 17.2. The number of carbonyl (C=O) groups is 2. The molecule has 2 aromatic rings. The normalized spacial score (nSPS) is 16.0. The van der Waals surface area contributed by atoms with E-state index in [2.05, 4.69) is 5.32 Å². The number of carboxylic acids is 1. The Balaban J connectivity index is 1.65. The number of nitrogens with one attached hydrogen (secondary N) is 1. The quantitative estimate of drug-likeness (QED) is 0.776. The Kier molecular flexibility index (Phi) is 5.17. The van der Waals surface area contributed by atoms with Gasteiger partial charge in [0.15, 0.2) is 0 Å². The highest BCUT2D eigenvalue weighted by molar-refractivity contribution is 5.91. The van der Waals surface area contributed by atoms with E-state index in [1.165, 1.54) is 0 Å². The van der Waals surface area contributed by atoms with Crippen molar-refractivity contribution in [2.75, 3.05) is 0 Å². The molecule has 25 heavy (non-hydrogen) atoms. The summed E-state index contributed by atoms with van der Waals surface area (Å²) in [5.74, 6) is -0.930. The molecule has 0 heterocycles. The molecule has 4 heteroatoms. The van der Waals surface area contributed by atoms with Crippen LogP contribution in [0.2, 0.25) is 0 Å². The van der Waals surface area contributed by atoms with Crippen LogP contribution >= 0.6 is 0 Å². The van der Waals surface area contributed by atoms with Crippen molar-refractivity contribution < 1.29 is 14.7 Å². The van der Waals surface area contributed by atoms with Crippen molar-refractivity contribution in [2.45, 2.75) is 43.6 Å². The lowest BCUT2D eigenvalue weighted by molar-refractivity contribution is -0.137. The first-order valence-electron chi connectivity index (χ1n) is 8.72. The maximum Gasteiger partial charge on any atom is 0.305 e. The maximum absolute atomic E-state index is 12.8. The van der Waals surface area contributed by atoms with Gasteiger partial charge in [-0.25, -0.2) is 0 Å².